The third-order valence-electron chi connectivity index (χ3n) is 2.39. The summed E-state index contributed by atoms with van der Waals surface area (Å²) in [5.41, 5.74) is 0. The molecule has 0 aromatic rings. The Labute approximate surface area is 58.1 Å². The molecule has 2 aliphatic rings. The van der Waals surface area contributed by atoms with Crippen molar-refractivity contribution in [2.24, 2.45) is 11.8 Å². The topological polar surface area (TPSA) is 0 Å². The van der Waals surface area contributed by atoms with E-state index in [1.54, 1.807) is 0 Å². The molecule has 0 aliphatic heterocycles. The first kappa shape index (κ1) is 5.04. The van der Waals surface area contributed by atoms with Crippen molar-refractivity contribution >= 4 is 15.9 Å². The van der Waals surface area contributed by atoms with Gasteiger partial charge in [-0.1, -0.05) is 22.0 Å². The molecule has 1 heteroatoms. The summed E-state index contributed by atoms with van der Waals surface area (Å²) < 4.78 is 1.48. The Balaban J connectivity index is 2.16. The van der Waals surface area contributed by atoms with Crippen molar-refractivity contribution < 1.29 is 0 Å². The minimum Gasteiger partial charge on any atom is -0.0738 e. The Hall–Kier alpha value is 0.220. The van der Waals surface area contributed by atoms with Gasteiger partial charge in [-0.25, -0.2) is 0 Å². The van der Waals surface area contributed by atoms with Gasteiger partial charge in [0.15, 0.2) is 0 Å². The van der Waals surface area contributed by atoms with Gasteiger partial charge in [-0.3, -0.25) is 0 Å². The number of allylic oxidation sites excluding steroid dienone is 2. The van der Waals surface area contributed by atoms with Crippen LogP contribution in [0.25, 0.3) is 0 Å². The number of hydrogen-bond donors (Lipinski definition) is 0. The lowest BCUT2D eigenvalue weighted by atomic mass is 9.76. The average Bonchev–Trinajstić information content (AvgIpc) is 1.80. The van der Waals surface area contributed by atoms with Gasteiger partial charge in [0.1, 0.15) is 0 Å². The van der Waals surface area contributed by atoms with Crippen LogP contribution >= 0.6 is 15.9 Å². The highest BCUT2D eigenvalue weighted by molar-refractivity contribution is 9.11. The van der Waals surface area contributed by atoms with Gasteiger partial charge in [-0.2, -0.15) is 0 Å². The van der Waals surface area contributed by atoms with Crippen molar-refractivity contribution in [3.05, 3.63) is 10.6 Å². The maximum Gasteiger partial charge on any atom is -0.00552 e. The summed E-state index contributed by atoms with van der Waals surface area (Å²) in [6, 6.07) is 0. The van der Waals surface area contributed by atoms with Gasteiger partial charge in [-0.15, -0.1) is 0 Å². The summed E-state index contributed by atoms with van der Waals surface area (Å²) in [5, 5.41) is 0. The van der Waals surface area contributed by atoms with E-state index in [4.69, 9.17) is 0 Å². The van der Waals surface area contributed by atoms with E-state index in [9.17, 15) is 0 Å². The van der Waals surface area contributed by atoms with E-state index in [0.29, 0.717) is 0 Å². The fraction of sp³-hybridized carbons (Fsp3) is 0.714. The standard InChI is InChI=1S/C7H9Br/c8-7-4-2-5-1-3-6(5)7/h4-6H,1-3H2/t5-,6-/m1/s1. The van der Waals surface area contributed by atoms with Crippen molar-refractivity contribution in [2.45, 2.75) is 19.3 Å². The molecule has 2 atom stereocenters. The molecule has 0 radical (unpaired) electrons. The Morgan fingerprint density at radius 3 is 2.62 bits per heavy atom. The van der Waals surface area contributed by atoms with Gasteiger partial charge in [0.25, 0.3) is 0 Å². The van der Waals surface area contributed by atoms with Crippen LogP contribution in [0.1, 0.15) is 19.3 Å². The van der Waals surface area contributed by atoms with Gasteiger partial charge in [0, 0.05) is 0 Å². The van der Waals surface area contributed by atoms with E-state index in [0.717, 1.165) is 11.8 Å². The minimum atomic E-state index is 0.940. The maximum atomic E-state index is 3.56. The molecule has 1 saturated carbocycles. The van der Waals surface area contributed by atoms with E-state index in [1.165, 1.54) is 23.7 Å². The lowest BCUT2D eigenvalue weighted by molar-refractivity contribution is 0.247. The molecule has 0 unspecified atom stereocenters. The van der Waals surface area contributed by atoms with Crippen molar-refractivity contribution in [1.82, 2.24) is 0 Å². The first-order chi connectivity index (χ1) is 3.88. The molecule has 0 heterocycles. The highest BCUT2D eigenvalue weighted by Gasteiger charge is 2.35. The molecule has 8 heavy (non-hydrogen) atoms. The van der Waals surface area contributed by atoms with Crippen LogP contribution in [0.15, 0.2) is 10.6 Å². The summed E-state index contributed by atoms with van der Waals surface area (Å²) in [5.74, 6) is 1.97. The maximum absolute atomic E-state index is 3.56. The van der Waals surface area contributed by atoms with E-state index in [-0.39, 0.29) is 0 Å². The SMILES string of the molecule is BrC1=CC[C@H]2CC[C@@H]12. The van der Waals surface area contributed by atoms with E-state index in [2.05, 4.69) is 22.0 Å². The average molecular weight is 173 g/mol. The van der Waals surface area contributed by atoms with Crippen LogP contribution in [0.2, 0.25) is 0 Å². The third kappa shape index (κ3) is 0.511. The largest absolute Gasteiger partial charge is 0.0738 e. The summed E-state index contributed by atoms with van der Waals surface area (Å²) in [6.07, 6.45) is 6.58. The van der Waals surface area contributed by atoms with Gasteiger partial charge in [0.2, 0.25) is 0 Å². The fourth-order valence-electron chi connectivity index (χ4n) is 1.63. The highest BCUT2D eigenvalue weighted by Crippen LogP contribution is 2.48. The number of rotatable bonds is 0. The van der Waals surface area contributed by atoms with Crippen LogP contribution in [0.4, 0.5) is 0 Å². The zero-order chi connectivity index (χ0) is 5.56. The fourth-order valence-corrected chi connectivity index (χ4v) is 2.42. The van der Waals surface area contributed by atoms with Crippen molar-refractivity contribution in [2.75, 3.05) is 0 Å². The molecule has 0 aromatic carbocycles. The van der Waals surface area contributed by atoms with Crippen LogP contribution in [0.5, 0.6) is 0 Å². The smallest absolute Gasteiger partial charge is 0.00552 e. The number of hydrogen-bond acceptors (Lipinski definition) is 0. The van der Waals surface area contributed by atoms with Gasteiger partial charge in [-0.05, 0) is 35.6 Å². The van der Waals surface area contributed by atoms with Crippen molar-refractivity contribution in [3.63, 3.8) is 0 Å². The van der Waals surface area contributed by atoms with Gasteiger partial charge >= 0.3 is 0 Å². The summed E-state index contributed by atoms with van der Waals surface area (Å²) in [6.45, 7) is 0. The Bertz CT molecular complexity index is 137. The molecule has 0 bridgehead atoms. The molecule has 1 fully saturated rings. The van der Waals surface area contributed by atoms with Crippen LogP contribution in [0.3, 0.4) is 0 Å². The highest BCUT2D eigenvalue weighted by atomic mass is 79.9. The molecule has 0 aromatic heterocycles. The van der Waals surface area contributed by atoms with Crippen LogP contribution in [-0.4, -0.2) is 0 Å². The molecule has 0 spiro atoms. The van der Waals surface area contributed by atoms with Gasteiger partial charge < -0.3 is 0 Å². The first-order valence-electron chi connectivity index (χ1n) is 3.23. The van der Waals surface area contributed by atoms with Crippen molar-refractivity contribution in [3.8, 4) is 0 Å². The minimum absolute atomic E-state index is 0.940. The van der Waals surface area contributed by atoms with E-state index in [1.807, 2.05) is 0 Å². The number of fused-ring (bicyclic) bond motifs is 1. The quantitative estimate of drug-likeness (QED) is 0.528. The Morgan fingerprint density at radius 2 is 2.38 bits per heavy atom. The third-order valence-corrected chi connectivity index (χ3v) is 3.30. The molecular weight excluding hydrogens is 164 g/mol. The molecule has 2 aliphatic carbocycles. The Morgan fingerprint density at radius 1 is 1.50 bits per heavy atom. The monoisotopic (exact) mass is 172 g/mol. The molecule has 0 amide bonds. The molecule has 0 N–H and O–H groups in total. The summed E-state index contributed by atoms with van der Waals surface area (Å²) in [7, 11) is 0. The summed E-state index contributed by atoms with van der Waals surface area (Å²) >= 11 is 3.56. The zero-order valence-corrected chi connectivity index (χ0v) is 6.32. The van der Waals surface area contributed by atoms with E-state index < -0.39 is 0 Å². The molecule has 0 saturated heterocycles. The lowest BCUT2D eigenvalue weighted by Gasteiger charge is -2.30. The van der Waals surface area contributed by atoms with Gasteiger partial charge in [0.05, 0.1) is 0 Å². The first-order valence-corrected chi connectivity index (χ1v) is 4.03. The van der Waals surface area contributed by atoms with Crippen molar-refractivity contribution in [1.29, 1.82) is 0 Å². The Kier molecular flexibility index (Phi) is 1.01. The van der Waals surface area contributed by atoms with E-state index >= 15 is 0 Å². The molecule has 44 valence electrons. The normalized spacial score (nSPS) is 42.9. The summed E-state index contributed by atoms with van der Waals surface area (Å²) in [4.78, 5) is 0. The second-order valence-electron chi connectivity index (χ2n) is 2.77. The second kappa shape index (κ2) is 1.60. The number of halogens is 1. The van der Waals surface area contributed by atoms with Crippen LogP contribution < -0.4 is 0 Å². The van der Waals surface area contributed by atoms with Crippen LogP contribution in [-0.2, 0) is 0 Å². The van der Waals surface area contributed by atoms with Crippen LogP contribution in [0, 0.1) is 11.8 Å². The molecule has 2 rings (SSSR count). The second-order valence-corrected chi connectivity index (χ2v) is 3.68. The zero-order valence-electron chi connectivity index (χ0n) is 4.73. The molecule has 0 nitrogen and oxygen atoms in total. The lowest BCUT2D eigenvalue weighted by Crippen LogP contribution is -2.20. The molecular formula is C7H9Br. The predicted octanol–water partition coefficient (Wildman–Crippen LogP) is 2.70. The predicted molar refractivity (Wildman–Crippen MR) is 37.8 cm³/mol.